The monoisotopic (exact) mass is 677 g/mol. The number of amides is 1. The number of esters is 7. The minimum absolute atomic E-state index is 0.577. The van der Waals surface area contributed by atoms with Gasteiger partial charge in [-0.1, -0.05) is 0 Å². The third-order valence-corrected chi connectivity index (χ3v) is 6.29. The third kappa shape index (κ3) is 12.1. The number of carbonyl (C=O) groups is 8. The number of ether oxygens (including phenoxy) is 10. The van der Waals surface area contributed by atoms with Crippen molar-refractivity contribution in [3.8, 4) is 0 Å². The summed E-state index contributed by atoms with van der Waals surface area (Å²) in [6.07, 6.45) is -14.2. The van der Waals surface area contributed by atoms with Crippen LogP contribution in [0.1, 0.15) is 55.4 Å². The Hall–Kier alpha value is -4.36. The average molecular weight is 678 g/mol. The van der Waals surface area contributed by atoms with Crippen molar-refractivity contribution in [2.24, 2.45) is 0 Å². The summed E-state index contributed by atoms with van der Waals surface area (Å²) in [6.45, 7) is 7.30. The van der Waals surface area contributed by atoms with E-state index in [9.17, 15) is 38.4 Å². The molecule has 0 bridgehead atoms. The summed E-state index contributed by atoms with van der Waals surface area (Å²) in [5, 5.41) is 2.48. The van der Waals surface area contributed by atoms with Crippen LogP contribution in [0, 0.1) is 0 Å². The fourth-order valence-corrected chi connectivity index (χ4v) is 4.84. The number of nitrogens with one attached hydrogen (secondary N) is 1. The summed E-state index contributed by atoms with van der Waals surface area (Å²) in [7, 11) is 0. The summed E-state index contributed by atoms with van der Waals surface area (Å²) in [5.74, 6) is -6.64. The lowest BCUT2D eigenvalue weighted by Crippen LogP contribution is -2.69. The van der Waals surface area contributed by atoms with Crippen LogP contribution in [0.2, 0.25) is 0 Å². The predicted molar refractivity (Wildman–Crippen MR) is 147 cm³/mol. The Morgan fingerprint density at radius 2 is 0.872 bits per heavy atom. The van der Waals surface area contributed by atoms with Gasteiger partial charge in [0.05, 0.1) is 0 Å². The Morgan fingerprint density at radius 3 is 1.32 bits per heavy atom. The second-order valence-electron chi connectivity index (χ2n) is 10.4. The second kappa shape index (κ2) is 17.5. The molecule has 0 unspecified atom stereocenters. The minimum Gasteiger partial charge on any atom is -0.463 e. The molecule has 2 aliphatic heterocycles. The maximum Gasteiger partial charge on any atom is 0.305 e. The van der Waals surface area contributed by atoms with Gasteiger partial charge in [-0.25, -0.2) is 0 Å². The summed E-state index contributed by atoms with van der Waals surface area (Å²) in [5.41, 5.74) is 0. The van der Waals surface area contributed by atoms with Crippen LogP contribution in [0.3, 0.4) is 0 Å². The highest BCUT2D eigenvalue weighted by atomic mass is 16.8. The summed E-state index contributed by atoms with van der Waals surface area (Å²) in [4.78, 5) is 96.5. The highest BCUT2D eigenvalue weighted by molar-refractivity contribution is 5.74. The Labute approximate surface area is 269 Å². The molecule has 0 saturated carbocycles. The molecule has 0 aromatic rings. The molecule has 1 amide bonds. The zero-order valence-electron chi connectivity index (χ0n) is 27.0. The maximum absolute atomic E-state index is 12.3. The predicted octanol–water partition coefficient (Wildman–Crippen LogP) is -1.26. The maximum atomic E-state index is 12.3. The van der Waals surface area contributed by atoms with Crippen LogP contribution in [-0.2, 0) is 85.7 Å². The Morgan fingerprint density at radius 1 is 0.468 bits per heavy atom. The zero-order chi connectivity index (χ0) is 35.6. The van der Waals surface area contributed by atoms with E-state index < -0.39 is 122 Å². The smallest absolute Gasteiger partial charge is 0.305 e. The molecule has 2 fully saturated rings. The molecule has 2 heterocycles. The molecule has 10 atom stereocenters. The lowest BCUT2D eigenvalue weighted by Gasteiger charge is -2.48. The summed E-state index contributed by atoms with van der Waals surface area (Å²) in [6, 6.07) is -1.43. The summed E-state index contributed by atoms with van der Waals surface area (Å²) < 4.78 is 55.2. The fraction of sp³-hybridized carbons (Fsp3) is 0.714. The van der Waals surface area contributed by atoms with Gasteiger partial charge in [-0.05, 0) is 0 Å². The van der Waals surface area contributed by atoms with E-state index in [1.54, 1.807) is 0 Å². The first-order chi connectivity index (χ1) is 21.9. The van der Waals surface area contributed by atoms with E-state index >= 15 is 0 Å². The first-order valence-corrected chi connectivity index (χ1v) is 14.3. The van der Waals surface area contributed by atoms with Crippen molar-refractivity contribution in [3.05, 3.63) is 0 Å². The minimum atomic E-state index is -1.80. The van der Waals surface area contributed by atoms with Crippen molar-refractivity contribution < 1.29 is 85.7 Å². The van der Waals surface area contributed by atoms with Gasteiger partial charge in [-0.2, -0.15) is 0 Å². The average Bonchev–Trinajstić information content (AvgIpc) is 2.91. The molecule has 0 spiro atoms. The molecule has 2 saturated heterocycles. The van der Waals surface area contributed by atoms with Gasteiger partial charge in [-0.3, -0.25) is 38.4 Å². The summed E-state index contributed by atoms with van der Waals surface area (Å²) >= 11 is 0. The lowest BCUT2D eigenvalue weighted by atomic mass is 9.94. The van der Waals surface area contributed by atoms with Crippen LogP contribution in [0.25, 0.3) is 0 Å². The van der Waals surface area contributed by atoms with Crippen LogP contribution in [-0.4, -0.2) is 122 Å². The van der Waals surface area contributed by atoms with E-state index in [1.807, 2.05) is 0 Å². The molecule has 0 aliphatic carbocycles. The molecule has 264 valence electrons. The van der Waals surface area contributed by atoms with Crippen LogP contribution in [0.15, 0.2) is 0 Å². The molecule has 19 nitrogen and oxygen atoms in total. The van der Waals surface area contributed by atoms with Gasteiger partial charge in [0.2, 0.25) is 12.2 Å². The standard InChI is InChI=1S/C28H39NO18/c1-11(30)29-21-24(41-15(5)34)22(19(9-38-12(2)31)45-27(21)44-18(8)37)47-28-26(43-17(7)36)25(42-16(6)35)23(40-14(4)33)20(46-28)10-39-13(3)32/h19-28H,9-10H2,1-8H3,(H,29,30)/t19-,20-,21-,22-,23+,24-,25+,26-,27-,28+/m1/s1. The molecule has 1 N–H and O–H groups in total. The van der Waals surface area contributed by atoms with E-state index in [2.05, 4.69) is 5.32 Å². The SMILES string of the molecule is CC(=O)N[C@H]1[C@H](OC(C)=O)O[C@H](COC(C)=O)[C@@H](O[C@@H]2O[C@H](COC(C)=O)[C@H](OC(C)=O)[C@H](OC(C)=O)[C@H]2OC(C)=O)[C@@H]1OC(C)=O. The normalized spacial score (nSPS) is 30.0. The topological polar surface area (TPSA) is 241 Å². The zero-order valence-corrected chi connectivity index (χ0v) is 27.0. The Bertz CT molecular complexity index is 1200. The van der Waals surface area contributed by atoms with Crippen molar-refractivity contribution in [3.63, 3.8) is 0 Å². The van der Waals surface area contributed by atoms with Crippen molar-refractivity contribution in [2.45, 2.75) is 117 Å². The van der Waals surface area contributed by atoms with Gasteiger partial charge in [0.25, 0.3) is 0 Å². The van der Waals surface area contributed by atoms with Gasteiger partial charge in [0.15, 0.2) is 30.7 Å². The van der Waals surface area contributed by atoms with Crippen LogP contribution < -0.4 is 5.32 Å². The van der Waals surface area contributed by atoms with E-state index in [0.717, 1.165) is 55.4 Å². The third-order valence-electron chi connectivity index (χ3n) is 6.29. The van der Waals surface area contributed by atoms with Crippen LogP contribution in [0.5, 0.6) is 0 Å². The van der Waals surface area contributed by atoms with Gasteiger partial charge in [0, 0.05) is 55.4 Å². The molecule has 19 heteroatoms. The molecule has 0 radical (unpaired) electrons. The van der Waals surface area contributed by atoms with Gasteiger partial charge >= 0.3 is 41.8 Å². The highest BCUT2D eigenvalue weighted by Gasteiger charge is 2.57. The Balaban J connectivity index is 2.73. The van der Waals surface area contributed by atoms with Crippen molar-refractivity contribution in [2.75, 3.05) is 13.2 Å². The fourth-order valence-electron chi connectivity index (χ4n) is 4.84. The molecule has 47 heavy (non-hydrogen) atoms. The highest BCUT2D eigenvalue weighted by Crippen LogP contribution is 2.34. The molecular formula is C28H39NO18. The first-order valence-electron chi connectivity index (χ1n) is 14.3. The number of hydrogen-bond donors (Lipinski definition) is 1. The quantitative estimate of drug-likeness (QED) is 0.187. The van der Waals surface area contributed by atoms with E-state index in [0.29, 0.717) is 0 Å². The number of carbonyl (C=O) groups excluding carboxylic acids is 8. The van der Waals surface area contributed by atoms with Crippen LogP contribution in [0.4, 0.5) is 0 Å². The Kier molecular flexibility index (Phi) is 14.5. The second-order valence-corrected chi connectivity index (χ2v) is 10.4. The van der Waals surface area contributed by atoms with E-state index in [-0.39, 0.29) is 0 Å². The molecule has 2 rings (SSSR count). The van der Waals surface area contributed by atoms with Crippen molar-refractivity contribution in [1.82, 2.24) is 5.32 Å². The van der Waals surface area contributed by atoms with Crippen LogP contribution >= 0.6 is 0 Å². The molecule has 2 aliphatic rings. The molecular weight excluding hydrogens is 638 g/mol. The molecule has 0 aromatic heterocycles. The largest absolute Gasteiger partial charge is 0.463 e. The van der Waals surface area contributed by atoms with Crippen molar-refractivity contribution >= 4 is 47.7 Å². The first kappa shape index (κ1) is 38.8. The van der Waals surface area contributed by atoms with E-state index in [1.165, 1.54) is 0 Å². The lowest BCUT2D eigenvalue weighted by molar-refractivity contribution is -0.348. The van der Waals surface area contributed by atoms with E-state index in [4.69, 9.17) is 47.4 Å². The number of rotatable bonds is 12. The number of hydrogen-bond acceptors (Lipinski definition) is 18. The van der Waals surface area contributed by atoms with Gasteiger partial charge in [0.1, 0.15) is 37.6 Å². The van der Waals surface area contributed by atoms with Gasteiger partial charge < -0.3 is 52.7 Å². The van der Waals surface area contributed by atoms with Crippen molar-refractivity contribution in [1.29, 1.82) is 0 Å². The van der Waals surface area contributed by atoms with Gasteiger partial charge in [-0.15, -0.1) is 0 Å². The molecule has 0 aromatic carbocycles.